The van der Waals surface area contributed by atoms with E-state index in [0.717, 1.165) is 22.8 Å². The van der Waals surface area contributed by atoms with E-state index < -0.39 is 0 Å². The second-order valence-electron chi connectivity index (χ2n) is 4.99. The SMILES string of the molecule is CCOc1ccc(OCC)c(/C=C/C(=O)c2ccc(OC)cc2)c1. The standard InChI is InChI=1S/C20H22O4/c1-4-23-18-11-13-20(24-5-2)16(14-18)8-12-19(21)15-6-9-17(22-3)10-7-15/h6-14H,4-5H2,1-3H3/b12-8+. The van der Waals surface area contributed by atoms with Crippen LogP contribution in [0, 0.1) is 0 Å². The highest BCUT2D eigenvalue weighted by Gasteiger charge is 2.06. The molecule has 0 unspecified atom stereocenters. The first-order valence-electron chi connectivity index (χ1n) is 7.94. The van der Waals surface area contributed by atoms with Crippen molar-refractivity contribution in [3.8, 4) is 17.2 Å². The first kappa shape index (κ1) is 17.6. The molecular weight excluding hydrogens is 304 g/mol. The topological polar surface area (TPSA) is 44.8 Å². The van der Waals surface area contributed by atoms with Crippen LogP contribution in [0.5, 0.6) is 17.2 Å². The molecule has 4 nitrogen and oxygen atoms in total. The van der Waals surface area contributed by atoms with Gasteiger partial charge in [-0.1, -0.05) is 0 Å². The molecule has 0 heterocycles. The molecule has 0 N–H and O–H groups in total. The Morgan fingerprint density at radius 2 is 1.62 bits per heavy atom. The number of hydrogen-bond donors (Lipinski definition) is 0. The van der Waals surface area contributed by atoms with Crippen molar-refractivity contribution in [3.63, 3.8) is 0 Å². The summed E-state index contributed by atoms with van der Waals surface area (Å²) in [5, 5.41) is 0. The lowest BCUT2D eigenvalue weighted by Gasteiger charge is -2.10. The fraction of sp³-hybridized carbons (Fsp3) is 0.250. The summed E-state index contributed by atoms with van der Waals surface area (Å²) in [7, 11) is 1.59. The number of allylic oxidation sites excluding steroid dienone is 1. The Kier molecular flexibility index (Phi) is 6.43. The van der Waals surface area contributed by atoms with Crippen LogP contribution in [0.1, 0.15) is 29.8 Å². The first-order valence-corrected chi connectivity index (χ1v) is 7.94. The molecule has 0 aliphatic rings. The molecule has 4 heteroatoms. The zero-order valence-electron chi connectivity index (χ0n) is 14.2. The van der Waals surface area contributed by atoms with Gasteiger partial charge in [-0.2, -0.15) is 0 Å². The Morgan fingerprint density at radius 3 is 2.25 bits per heavy atom. The summed E-state index contributed by atoms with van der Waals surface area (Å²) in [6.07, 6.45) is 3.29. The molecule has 0 radical (unpaired) electrons. The van der Waals surface area contributed by atoms with Crippen molar-refractivity contribution in [3.05, 3.63) is 59.7 Å². The van der Waals surface area contributed by atoms with Gasteiger partial charge in [-0.05, 0) is 68.5 Å². The molecule has 0 saturated carbocycles. The Hall–Kier alpha value is -2.75. The Labute approximate surface area is 142 Å². The van der Waals surface area contributed by atoms with E-state index in [-0.39, 0.29) is 5.78 Å². The summed E-state index contributed by atoms with van der Waals surface area (Å²) >= 11 is 0. The fourth-order valence-electron chi connectivity index (χ4n) is 2.22. The average Bonchev–Trinajstić information content (AvgIpc) is 2.62. The molecule has 0 atom stereocenters. The summed E-state index contributed by atoms with van der Waals surface area (Å²) in [4.78, 5) is 12.3. The number of carbonyl (C=O) groups excluding carboxylic acids is 1. The lowest BCUT2D eigenvalue weighted by atomic mass is 10.1. The minimum atomic E-state index is -0.0816. The van der Waals surface area contributed by atoms with Crippen LogP contribution in [0.2, 0.25) is 0 Å². The van der Waals surface area contributed by atoms with Crippen molar-refractivity contribution < 1.29 is 19.0 Å². The monoisotopic (exact) mass is 326 g/mol. The van der Waals surface area contributed by atoms with Crippen LogP contribution in [-0.4, -0.2) is 26.1 Å². The van der Waals surface area contributed by atoms with E-state index in [1.54, 1.807) is 37.5 Å². The van der Waals surface area contributed by atoms with E-state index in [1.807, 2.05) is 32.0 Å². The molecule has 126 valence electrons. The van der Waals surface area contributed by atoms with Gasteiger partial charge >= 0.3 is 0 Å². The summed E-state index contributed by atoms with van der Waals surface area (Å²) in [6, 6.07) is 12.6. The maximum atomic E-state index is 12.3. The number of benzene rings is 2. The van der Waals surface area contributed by atoms with Gasteiger partial charge in [-0.25, -0.2) is 0 Å². The number of ether oxygens (including phenoxy) is 3. The zero-order chi connectivity index (χ0) is 17.4. The Balaban J connectivity index is 2.21. The normalized spacial score (nSPS) is 10.6. The van der Waals surface area contributed by atoms with E-state index in [4.69, 9.17) is 14.2 Å². The van der Waals surface area contributed by atoms with Gasteiger partial charge in [-0.15, -0.1) is 0 Å². The third-order valence-electron chi connectivity index (χ3n) is 3.38. The van der Waals surface area contributed by atoms with Crippen molar-refractivity contribution in [1.82, 2.24) is 0 Å². The van der Waals surface area contributed by atoms with E-state index in [2.05, 4.69) is 0 Å². The number of hydrogen-bond acceptors (Lipinski definition) is 4. The molecule has 2 rings (SSSR count). The fourth-order valence-corrected chi connectivity index (χ4v) is 2.22. The molecule has 2 aromatic rings. The van der Waals surface area contributed by atoms with Crippen LogP contribution in [-0.2, 0) is 0 Å². The van der Waals surface area contributed by atoms with Crippen molar-refractivity contribution >= 4 is 11.9 Å². The van der Waals surface area contributed by atoms with E-state index in [0.29, 0.717) is 18.8 Å². The molecule has 24 heavy (non-hydrogen) atoms. The number of methoxy groups -OCH3 is 1. The van der Waals surface area contributed by atoms with E-state index in [1.165, 1.54) is 6.08 Å². The maximum Gasteiger partial charge on any atom is 0.185 e. The largest absolute Gasteiger partial charge is 0.497 e. The van der Waals surface area contributed by atoms with Crippen LogP contribution in [0.3, 0.4) is 0 Å². The molecule has 0 aliphatic heterocycles. The van der Waals surface area contributed by atoms with E-state index >= 15 is 0 Å². The highest BCUT2D eigenvalue weighted by molar-refractivity contribution is 6.07. The van der Waals surface area contributed by atoms with Gasteiger partial charge in [0.1, 0.15) is 17.2 Å². The molecule has 0 fully saturated rings. The minimum Gasteiger partial charge on any atom is -0.497 e. The Morgan fingerprint density at radius 1 is 0.958 bits per heavy atom. The molecule has 0 amide bonds. The highest BCUT2D eigenvalue weighted by atomic mass is 16.5. The predicted molar refractivity (Wildman–Crippen MR) is 95.1 cm³/mol. The lowest BCUT2D eigenvalue weighted by Crippen LogP contribution is -1.97. The smallest absolute Gasteiger partial charge is 0.185 e. The summed E-state index contributed by atoms with van der Waals surface area (Å²) in [5.41, 5.74) is 1.41. The first-order chi connectivity index (χ1) is 11.7. The molecule has 0 aliphatic carbocycles. The Bertz CT molecular complexity index is 702. The quantitative estimate of drug-likeness (QED) is 0.533. The molecule has 0 saturated heterocycles. The van der Waals surface area contributed by atoms with Gasteiger partial charge in [0.25, 0.3) is 0 Å². The summed E-state index contributed by atoms with van der Waals surface area (Å²) in [5.74, 6) is 2.11. The number of rotatable bonds is 8. The molecule has 0 spiro atoms. The molecular formula is C20H22O4. The van der Waals surface area contributed by atoms with E-state index in [9.17, 15) is 4.79 Å². The van der Waals surface area contributed by atoms with Crippen molar-refractivity contribution in [2.45, 2.75) is 13.8 Å². The zero-order valence-corrected chi connectivity index (χ0v) is 14.2. The van der Waals surface area contributed by atoms with Crippen LogP contribution in [0.25, 0.3) is 6.08 Å². The van der Waals surface area contributed by atoms with Gasteiger partial charge in [0, 0.05) is 11.1 Å². The highest BCUT2D eigenvalue weighted by Crippen LogP contribution is 2.26. The van der Waals surface area contributed by atoms with Crippen LogP contribution < -0.4 is 14.2 Å². The molecule has 0 aromatic heterocycles. The van der Waals surface area contributed by atoms with Crippen LogP contribution in [0.15, 0.2) is 48.5 Å². The lowest BCUT2D eigenvalue weighted by molar-refractivity contribution is 0.104. The van der Waals surface area contributed by atoms with Gasteiger partial charge in [-0.3, -0.25) is 4.79 Å². The van der Waals surface area contributed by atoms with Gasteiger partial charge in [0.15, 0.2) is 5.78 Å². The molecule has 2 aromatic carbocycles. The summed E-state index contributed by atoms with van der Waals surface area (Å²) in [6.45, 7) is 4.99. The minimum absolute atomic E-state index is 0.0816. The number of carbonyl (C=O) groups is 1. The average molecular weight is 326 g/mol. The van der Waals surface area contributed by atoms with Crippen molar-refractivity contribution in [2.24, 2.45) is 0 Å². The third-order valence-corrected chi connectivity index (χ3v) is 3.38. The van der Waals surface area contributed by atoms with Crippen LogP contribution in [0.4, 0.5) is 0 Å². The molecule has 0 bridgehead atoms. The third kappa shape index (κ3) is 4.62. The second kappa shape index (κ2) is 8.77. The van der Waals surface area contributed by atoms with Gasteiger partial charge in [0.2, 0.25) is 0 Å². The van der Waals surface area contributed by atoms with Crippen molar-refractivity contribution in [1.29, 1.82) is 0 Å². The number of ketones is 1. The second-order valence-corrected chi connectivity index (χ2v) is 4.99. The van der Waals surface area contributed by atoms with Crippen molar-refractivity contribution in [2.75, 3.05) is 20.3 Å². The summed E-state index contributed by atoms with van der Waals surface area (Å²) < 4.78 is 16.2. The van der Waals surface area contributed by atoms with Crippen LogP contribution >= 0.6 is 0 Å². The van der Waals surface area contributed by atoms with Gasteiger partial charge < -0.3 is 14.2 Å². The van der Waals surface area contributed by atoms with Gasteiger partial charge in [0.05, 0.1) is 20.3 Å². The maximum absolute atomic E-state index is 12.3. The predicted octanol–water partition coefficient (Wildman–Crippen LogP) is 4.39.